The van der Waals surface area contributed by atoms with E-state index in [4.69, 9.17) is 0 Å². The molecule has 0 saturated heterocycles. The van der Waals surface area contributed by atoms with Gasteiger partial charge in [-0.05, 0) is 95.2 Å². The molecule has 0 aliphatic carbocycles. The molecule has 0 aliphatic rings. The Hall–Kier alpha value is -1.21. The van der Waals surface area contributed by atoms with Gasteiger partial charge in [0, 0.05) is 0 Å². The van der Waals surface area contributed by atoms with Crippen molar-refractivity contribution in [3.8, 4) is 0 Å². The monoisotopic (exact) mass is 888 g/mol. The quantitative estimate of drug-likeness (QED) is 0.0441. The number of hydrogen-bond acceptors (Lipinski definition) is 6. The van der Waals surface area contributed by atoms with Gasteiger partial charge in [0.05, 0.1) is 9.79 Å². The van der Waals surface area contributed by atoms with Crippen LogP contribution in [0.5, 0.6) is 0 Å². The number of rotatable bonds is 22. The van der Waals surface area contributed by atoms with Gasteiger partial charge in [-0.2, -0.15) is 0 Å². The predicted molar refractivity (Wildman–Crippen MR) is 221 cm³/mol. The van der Waals surface area contributed by atoms with E-state index >= 15 is 0 Å². The summed E-state index contributed by atoms with van der Waals surface area (Å²) in [6.07, 6.45) is 20.6. The molecule has 4 aromatic carbocycles. The second-order valence-corrected chi connectivity index (χ2v) is 16.9. The van der Waals surface area contributed by atoms with Crippen molar-refractivity contribution in [1.82, 2.24) is 0 Å². The van der Waals surface area contributed by atoms with Crippen molar-refractivity contribution in [2.45, 2.75) is 166 Å². The third-order valence-corrected chi connectivity index (χ3v) is 12.0. The number of hydrogen-bond donors (Lipinski definition) is 0. The average molecular weight is 888 g/mol. The summed E-state index contributed by atoms with van der Waals surface area (Å²) in [6.45, 7) is 8.67. The van der Waals surface area contributed by atoms with Gasteiger partial charge in [0.15, 0.2) is 0 Å². The number of benzene rings is 4. The van der Waals surface area contributed by atoms with E-state index in [-0.39, 0.29) is 58.7 Å². The minimum atomic E-state index is -4.51. The zero-order valence-electron chi connectivity index (χ0n) is 32.9. The molecule has 0 bridgehead atoms. The number of unbranched alkanes of at least 4 members (excludes halogenated alkanes) is 12. The Morgan fingerprint density at radius 2 is 0.736 bits per heavy atom. The van der Waals surface area contributed by atoms with Gasteiger partial charge in [-0.1, -0.05) is 165 Å². The predicted octanol–water partition coefficient (Wildman–Crippen LogP) is 11.6. The topological polar surface area (TPSA) is 114 Å². The molecule has 0 amide bonds. The first-order valence-corrected chi connectivity index (χ1v) is 22.8. The minimum absolute atomic E-state index is 0. The molecular weight excluding hydrogens is 826 g/mol. The van der Waals surface area contributed by atoms with E-state index in [9.17, 15) is 25.9 Å². The Morgan fingerprint density at radius 1 is 0.434 bits per heavy atom. The van der Waals surface area contributed by atoms with E-state index in [1.54, 1.807) is 24.3 Å². The van der Waals surface area contributed by atoms with Crippen LogP contribution >= 0.6 is 0 Å². The second-order valence-electron chi connectivity index (χ2n) is 14.3. The smallest absolute Gasteiger partial charge is 0.744 e. The van der Waals surface area contributed by atoms with E-state index in [0.717, 1.165) is 123 Å². The minimum Gasteiger partial charge on any atom is -0.744 e. The maximum atomic E-state index is 12.1. The van der Waals surface area contributed by atoms with Crippen LogP contribution in [0.25, 0.3) is 21.5 Å². The molecule has 0 heterocycles. The van der Waals surface area contributed by atoms with Gasteiger partial charge < -0.3 is 9.11 Å². The average Bonchev–Trinajstić information content (AvgIpc) is 3.11. The molecule has 6 nitrogen and oxygen atoms in total. The maximum absolute atomic E-state index is 12.1. The van der Waals surface area contributed by atoms with Crippen LogP contribution in [-0.2, 0) is 45.9 Å². The van der Waals surface area contributed by atoms with E-state index in [1.165, 1.54) is 25.7 Å². The molecule has 0 unspecified atom stereocenters. The molecule has 53 heavy (non-hydrogen) atoms. The Balaban J connectivity index is 0.000000360. The van der Waals surface area contributed by atoms with Crippen molar-refractivity contribution >= 4 is 90.7 Å². The largest absolute Gasteiger partial charge is 2.00 e. The SMILES string of the molecule is CCCCCCc1cc2ccccc2c(S(=O)(=O)[O-])c1CCCCCC.CCCCCCc1cc2ccccc2c(S(=O)(=O)[O-])c1CCCCCC.[Ba+2]. The molecular formula is C44H62BaO6S2. The van der Waals surface area contributed by atoms with Gasteiger partial charge in [-0.15, -0.1) is 0 Å². The van der Waals surface area contributed by atoms with Crippen LogP contribution in [-0.4, -0.2) is 74.8 Å². The van der Waals surface area contributed by atoms with Crippen molar-refractivity contribution in [3.05, 3.63) is 82.9 Å². The van der Waals surface area contributed by atoms with Crippen LogP contribution in [0.15, 0.2) is 70.5 Å². The third kappa shape index (κ3) is 15.3. The zero-order chi connectivity index (χ0) is 38.0. The maximum Gasteiger partial charge on any atom is 2.00 e. The molecule has 0 fully saturated rings. The van der Waals surface area contributed by atoms with E-state index in [0.29, 0.717) is 23.6 Å². The molecule has 9 heteroatoms. The second kappa shape index (κ2) is 25.1. The molecule has 0 radical (unpaired) electrons. The molecule has 0 atom stereocenters. The Morgan fingerprint density at radius 3 is 1.04 bits per heavy atom. The molecule has 288 valence electrons. The van der Waals surface area contributed by atoms with Crippen molar-refractivity contribution in [2.24, 2.45) is 0 Å². The van der Waals surface area contributed by atoms with Gasteiger partial charge in [0.25, 0.3) is 0 Å². The first-order valence-electron chi connectivity index (χ1n) is 20.0. The normalized spacial score (nSPS) is 11.7. The van der Waals surface area contributed by atoms with Gasteiger partial charge in [-0.3, -0.25) is 0 Å². The summed E-state index contributed by atoms with van der Waals surface area (Å²) in [7, 11) is -9.02. The van der Waals surface area contributed by atoms with Gasteiger partial charge in [-0.25, -0.2) is 16.8 Å². The first kappa shape index (κ1) is 47.9. The molecule has 0 N–H and O–H groups in total. The van der Waals surface area contributed by atoms with Crippen molar-refractivity contribution in [2.75, 3.05) is 0 Å². The van der Waals surface area contributed by atoms with E-state index in [2.05, 4.69) is 39.8 Å². The van der Waals surface area contributed by atoms with Crippen molar-refractivity contribution in [3.63, 3.8) is 0 Å². The summed E-state index contributed by atoms with van der Waals surface area (Å²) in [5.41, 5.74) is 3.63. The first-order chi connectivity index (χ1) is 25.0. The standard InChI is InChI=1S/2C22H32O3S.Ba/c2*1-3-5-7-9-13-18-17-19-14-11-12-16-21(19)22(26(23,24)25)20(18)15-10-8-6-4-2;/h2*11-12,14,16-17H,3-10,13,15H2,1-2H3,(H,23,24,25);/q;;+2/p-2. The summed E-state index contributed by atoms with van der Waals surface area (Å²) in [5, 5.41) is 2.85. The summed E-state index contributed by atoms with van der Waals surface area (Å²) < 4.78 is 72.8. The Kier molecular flexibility index (Phi) is 22.7. The molecule has 4 rings (SSSR count). The van der Waals surface area contributed by atoms with Crippen molar-refractivity contribution in [1.29, 1.82) is 0 Å². The van der Waals surface area contributed by atoms with Crippen LogP contribution in [0, 0.1) is 0 Å². The summed E-state index contributed by atoms with van der Waals surface area (Å²) in [4.78, 5) is 0.0511. The van der Waals surface area contributed by atoms with Crippen LogP contribution in [0.1, 0.15) is 153 Å². The fourth-order valence-corrected chi connectivity index (χ4v) is 9.31. The third-order valence-electron chi connectivity index (χ3n) is 10.1. The Bertz CT molecular complexity index is 1770. The van der Waals surface area contributed by atoms with Gasteiger partial charge in [0.2, 0.25) is 0 Å². The fourth-order valence-electron chi connectivity index (χ4n) is 7.33. The van der Waals surface area contributed by atoms with Crippen LogP contribution < -0.4 is 0 Å². The van der Waals surface area contributed by atoms with Gasteiger partial charge in [0.1, 0.15) is 20.2 Å². The summed E-state index contributed by atoms with van der Waals surface area (Å²) in [5.74, 6) is 0. The molecule has 0 saturated carbocycles. The molecule has 0 aliphatic heterocycles. The van der Waals surface area contributed by atoms with E-state index in [1.807, 2.05) is 24.3 Å². The number of aryl methyl sites for hydroxylation is 2. The molecule has 4 aromatic rings. The summed E-state index contributed by atoms with van der Waals surface area (Å²) >= 11 is 0. The van der Waals surface area contributed by atoms with E-state index < -0.39 is 20.2 Å². The zero-order valence-corrected chi connectivity index (χ0v) is 39.0. The van der Waals surface area contributed by atoms with Crippen molar-refractivity contribution < 1.29 is 25.9 Å². The Labute approximate surface area is 361 Å². The summed E-state index contributed by atoms with van der Waals surface area (Å²) in [6, 6.07) is 18.9. The number of fused-ring (bicyclic) bond motifs is 2. The van der Waals surface area contributed by atoms with Crippen LogP contribution in [0.2, 0.25) is 0 Å². The van der Waals surface area contributed by atoms with Gasteiger partial charge >= 0.3 is 48.9 Å². The van der Waals surface area contributed by atoms with Crippen LogP contribution in [0.4, 0.5) is 0 Å². The fraction of sp³-hybridized carbons (Fsp3) is 0.545. The molecule has 0 aromatic heterocycles. The molecule has 0 spiro atoms. The van der Waals surface area contributed by atoms with Crippen LogP contribution in [0.3, 0.4) is 0 Å².